The van der Waals surface area contributed by atoms with Crippen LogP contribution in [0.2, 0.25) is 0 Å². The Morgan fingerprint density at radius 3 is 1.17 bits per heavy atom. The number of hydrogen-bond donors (Lipinski definition) is 1. The molecule has 0 rings (SSSR count). The SMILES string of the molecule is OCl.[CaH2].[Cl][Ca][Cl]. The first kappa shape index (κ1) is 16.2. The minimum absolute atomic E-state index is 0. The Balaban J connectivity index is -0.0000000275. The third-order valence-electron chi connectivity index (χ3n) is 0. The van der Waals surface area contributed by atoms with E-state index in [4.69, 9.17) is 17.4 Å². The first-order valence-electron chi connectivity index (χ1n) is 0.704. The molecule has 0 heterocycles. The first-order valence-corrected chi connectivity index (χ1v) is 7.12. The van der Waals surface area contributed by atoms with Crippen LogP contribution in [0.25, 0.3) is 0 Å². The molecule has 6 heteroatoms. The Labute approximate surface area is 95.2 Å². The van der Waals surface area contributed by atoms with Crippen molar-refractivity contribution in [2.75, 3.05) is 0 Å². The molecule has 0 saturated heterocycles. The monoisotopic (exact) mass is 204 g/mol. The molecule has 0 amide bonds. The summed E-state index contributed by atoms with van der Waals surface area (Å²) in [4.78, 5) is 0. The molecule has 0 atom stereocenters. The van der Waals surface area contributed by atoms with E-state index in [0.717, 1.165) is 0 Å². The fourth-order valence-electron chi connectivity index (χ4n) is 0. The molecule has 0 radical (unpaired) electrons. The molecule has 1 N–H and O–H groups in total. The van der Waals surface area contributed by atoms with Crippen LogP contribution in [0, 0.1) is 0 Å². The van der Waals surface area contributed by atoms with E-state index >= 15 is 0 Å². The predicted octanol–water partition coefficient (Wildman–Crippen LogP) is 0.214. The van der Waals surface area contributed by atoms with Gasteiger partial charge >= 0.3 is 81.4 Å². The van der Waals surface area contributed by atoms with Crippen molar-refractivity contribution in [1.29, 1.82) is 0 Å². The summed E-state index contributed by atoms with van der Waals surface area (Å²) in [7, 11) is 0. The normalized spacial score (nSPS) is 2.67. The second-order valence-electron chi connectivity index (χ2n) is 0.101. The van der Waals surface area contributed by atoms with E-state index in [2.05, 4.69) is 11.9 Å². The number of hydrogen-bond acceptors (Lipinski definition) is 1. The molecule has 0 spiro atoms. The van der Waals surface area contributed by atoms with Gasteiger partial charge in [-0.3, -0.25) is 4.66 Å². The van der Waals surface area contributed by atoms with Crippen LogP contribution in [0.3, 0.4) is 0 Å². The van der Waals surface area contributed by atoms with E-state index in [-0.39, 0.29) is 37.7 Å². The van der Waals surface area contributed by atoms with Gasteiger partial charge in [0.1, 0.15) is 0 Å². The third kappa shape index (κ3) is 26.4. The van der Waals surface area contributed by atoms with Crippen molar-refractivity contribution in [3.8, 4) is 0 Å². The minimum atomic E-state index is -0.931. The molecule has 0 saturated carbocycles. The van der Waals surface area contributed by atoms with E-state index < -0.39 is 30.8 Å². The van der Waals surface area contributed by atoms with Gasteiger partial charge in [-0.2, -0.15) is 0 Å². The fraction of sp³-hybridized carbons (Fsp3) is 0. The van der Waals surface area contributed by atoms with E-state index in [1.54, 1.807) is 0 Å². The zero-order valence-corrected chi connectivity index (χ0v) is 6.76. The van der Waals surface area contributed by atoms with Crippen LogP contribution >= 0.6 is 24.6 Å². The average molecular weight is 206 g/mol. The Morgan fingerprint density at radius 1 is 1.17 bits per heavy atom. The van der Waals surface area contributed by atoms with Gasteiger partial charge in [0.2, 0.25) is 0 Å². The van der Waals surface area contributed by atoms with Crippen molar-refractivity contribution in [3.05, 3.63) is 0 Å². The Bertz CT molecular complexity index is 8.75. The summed E-state index contributed by atoms with van der Waals surface area (Å²) in [5.41, 5.74) is 0. The number of rotatable bonds is 0. The van der Waals surface area contributed by atoms with E-state index in [1.807, 2.05) is 0 Å². The Morgan fingerprint density at radius 2 is 1.17 bits per heavy atom. The molecule has 34 valence electrons. The Kier molecular flexibility index (Phi) is 64.2. The van der Waals surface area contributed by atoms with Crippen molar-refractivity contribution in [3.63, 3.8) is 0 Å². The van der Waals surface area contributed by atoms with Crippen LogP contribution in [0.5, 0.6) is 0 Å². The van der Waals surface area contributed by atoms with Gasteiger partial charge in [-0.1, -0.05) is 0 Å². The van der Waals surface area contributed by atoms with Gasteiger partial charge in [0.15, 0.2) is 0 Å². The van der Waals surface area contributed by atoms with E-state index in [0.29, 0.717) is 0 Å². The molecular weight excluding hydrogens is 203 g/mol. The van der Waals surface area contributed by atoms with Crippen LogP contribution < -0.4 is 0 Å². The van der Waals surface area contributed by atoms with Gasteiger partial charge in [0, 0.05) is 0 Å². The number of halogens is 3. The van der Waals surface area contributed by atoms with Gasteiger partial charge in [0.25, 0.3) is 0 Å². The molecule has 0 bridgehead atoms. The average Bonchev–Trinajstić information content (AvgIpc) is 1.46. The summed E-state index contributed by atoms with van der Waals surface area (Å²) < 4.78 is 6.47. The molecule has 0 aliphatic carbocycles. The summed E-state index contributed by atoms with van der Waals surface area (Å²) in [6, 6.07) is 0. The summed E-state index contributed by atoms with van der Waals surface area (Å²) in [5, 5.41) is 0. The van der Waals surface area contributed by atoms with Crippen LogP contribution in [-0.4, -0.2) is 73.2 Å². The van der Waals surface area contributed by atoms with E-state index in [1.165, 1.54) is 0 Å². The summed E-state index contributed by atoms with van der Waals surface area (Å²) in [5.74, 6) is 0. The molecular formula is H3Ca2Cl3O. The van der Waals surface area contributed by atoms with Crippen molar-refractivity contribution < 1.29 is 4.66 Å². The zero-order valence-electron chi connectivity index (χ0n) is 2.29. The van der Waals surface area contributed by atoms with Gasteiger partial charge in [-0.05, 0) is 0 Å². The van der Waals surface area contributed by atoms with Crippen molar-refractivity contribution >= 4 is 93.2 Å². The third-order valence-corrected chi connectivity index (χ3v) is 0. The standard InChI is InChI=1S/2Ca.ClHO.2ClH.2H/c;;1-2;;;;/h;;2H;2*1H;;/q;+2;;;;;/p-2. The maximum absolute atomic E-state index is 6.47. The van der Waals surface area contributed by atoms with Crippen LogP contribution in [0.4, 0.5) is 0 Å². The van der Waals surface area contributed by atoms with E-state index in [9.17, 15) is 0 Å². The van der Waals surface area contributed by atoms with Crippen molar-refractivity contribution in [2.24, 2.45) is 0 Å². The van der Waals surface area contributed by atoms with Crippen LogP contribution in [0.15, 0.2) is 0 Å². The van der Waals surface area contributed by atoms with Crippen molar-refractivity contribution in [1.82, 2.24) is 0 Å². The second kappa shape index (κ2) is 23.8. The summed E-state index contributed by atoms with van der Waals surface area (Å²) in [6.45, 7) is 0. The molecule has 6 heavy (non-hydrogen) atoms. The maximum atomic E-state index is 6.47. The summed E-state index contributed by atoms with van der Waals surface area (Å²) >= 11 is 2.71. The quantitative estimate of drug-likeness (QED) is 0.561. The molecule has 0 aliphatic heterocycles. The van der Waals surface area contributed by atoms with Crippen LogP contribution in [-0.2, 0) is 0 Å². The molecule has 0 aromatic heterocycles. The van der Waals surface area contributed by atoms with Gasteiger partial charge in [0.05, 0.1) is 11.9 Å². The predicted molar refractivity (Wildman–Crippen MR) is 34.1 cm³/mol. The molecule has 0 aromatic rings. The first-order chi connectivity index (χ1) is 2.41. The Hall–Kier alpha value is 3.35. The van der Waals surface area contributed by atoms with Gasteiger partial charge in [-0.15, -0.1) is 0 Å². The van der Waals surface area contributed by atoms with Gasteiger partial charge in [-0.25, -0.2) is 0 Å². The molecule has 0 fully saturated rings. The second-order valence-corrected chi connectivity index (χ2v) is 3.75. The summed E-state index contributed by atoms with van der Waals surface area (Å²) in [6.07, 6.45) is 9.90. The molecule has 1 nitrogen and oxygen atoms in total. The topological polar surface area (TPSA) is 20.2 Å². The molecule has 0 aliphatic rings. The van der Waals surface area contributed by atoms with Crippen molar-refractivity contribution in [2.45, 2.75) is 0 Å². The van der Waals surface area contributed by atoms with Gasteiger partial charge < -0.3 is 0 Å². The zero-order chi connectivity index (χ0) is 4.71. The molecule has 0 unspecified atom stereocenters. The fourth-order valence-corrected chi connectivity index (χ4v) is 0. The van der Waals surface area contributed by atoms with Crippen LogP contribution in [0.1, 0.15) is 0 Å². The molecule has 0 aromatic carbocycles.